The second kappa shape index (κ2) is 11.8. The van der Waals surface area contributed by atoms with E-state index in [1.165, 1.54) is 111 Å². The molecule has 1 atom stereocenters. The molecule has 0 saturated carbocycles. The Kier molecular flexibility index (Phi) is 6.53. The van der Waals surface area contributed by atoms with E-state index in [2.05, 4.69) is 199 Å². The number of rotatable bonds is 4. The second-order valence-corrected chi connectivity index (χ2v) is 15.2. The van der Waals surface area contributed by atoms with Gasteiger partial charge in [0.1, 0.15) is 0 Å². The molecule has 1 heteroatoms. The first-order chi connectivity index (χ1) is 27.3. The Hall–Kier alpha value is -6.96. The summed E-state index contributed by atoms with van der Waals surface area (Å²) >= 11 is 0. The molecule has 0 bridgehead atoms. The van der Waals surface area contributed by atoms with E-state index in [0.29, 0.717) is 0 Å². The van der Waals surface area contributed by atoms with Gasteiger partial charge >= 0.3 is 0 Å². The van der Waals surface area contributed by atoms with Gasteiger partial charge in [0, 0.05) is 28.8 Å². The van der Waals surface area contributed by atoms with E-state index in [9.17, 15) is 0 Å². The van der Waals surface area contributed by atoms with Crippen molar-refractivity contribution in [1.29, 1.82) is 0 Å². The van der Waals surface area contributed by atoms with Crippen molar-refractivity contribution in [3.63, 3.8) is 0 Å². The first-order valence-electron chi connectivity index (χ1n) is 19.3. The zero-order chi connectivity index (χ0) is 36.0. The Labute approximate surface area is 320 Å². The Balaban J connectivity index is 1.03. The summed E-state index contributed by atoms with van der Waals surface area (Å²) in [6.45, 7) is 0. The first kappa shape index (κ1) is 30.5. The van der Waals surface area contributed by atoms with Crippen LogP contribution in [0.1, 0.15) is 33.7 Å². The average Bonchev–Trinajstić information content (AvgIpc) is 3.91. The quantitative estimate of drug-likeness (QED) is 0.173. The summed E-state index contributed by atoms with van der Waals surface area (Å²) in [6, 6.07) is 72.3. The van der Waals surface area contributed by atoms with E-state index >= 15 is 0 Å². The highest BCUT2D eigenvalue weighted by molar-refractivity contribution is 6.13. The molecule has 10 aromatic rings. The van der Waals surface area contributed by atoms with Crippen LogP contribution in [0.3, 0.4) is 0 Å². The fraction of sp³-hybridized carbons (Fsp3) is 0.0370. The molecule has 1 nitrogen and oxygen atoms in total. The van der Waals surface area contributed by atoms with Crippen LogP contribution in [-0.2, 0) is 6.42 Å². The maximum absolute atomic E-state index is 2.52. The highest BCUT2D eigenvalue weighted by atomic mass is 15.0. The van der Waals surface area contributed by atoms with E-state index in [0.717, 1.165) is 6.42 Å². The van der Waals surface area contributed by atoms with Crippen molar-refractivity contribution in [2.45, 2.75) is 12.3 Å². The Bertz CT molecular complexity index is 3160. The third-order valence-electron chi connectivity index (χ3n) is 12.3. The van der Waals surface area contributed by atoms with Gasteiger partial charge in [-0.2, -0.15) is 0 Å². The largest absolute Gasteiger partial charge is 0.309 e. The number of hydrogen-bond donors (Lipinski definition) is 0. The summed E-state index contributed by atoms with van der Waals surface area (Å²) < 4.78 is 2.52. The predicted molar refractivity (Wildman–Crippen MR) is 230 cm³/mol. The molecular weight excluding hydrogens is 663 g/mol. The van der Waals surface area contributed by atoms with Crippen LogP contribution in [0, 0.1) is 0 Å². The lowest BCUT2D eigenvalue weighted by atomic mass is 9.86. The monoisotopic (exact) mass is 697 g/mol. The van der Waals surface area contributed by atoms with Gasteiger partial charge in [0.25, 0.3) is 0 Å². The van der Waals surface area contributed by atoms with Crippen molar-refractivity contribution in [2.24, 2.45) is 0 Å². The summed E-state index contributed by atoms with van der Waals surface area (Å²) in [4.78, 5) is 0. The standard InChI is InChI=1S/C54H35N/c1-2-11-34(12-3-1)35-21-25-40(26-22-35)55-52-30-24-38(32-50(52)48-29-28-44-42-17-7-5-14-39(42)33-51(44)54(48)55)37-23-27-47-49(31-37)43-18-8-9-19-46(43)53(47)45-20-10-15-36-13-4-6-16-41(36)45/h1-32,53H,33H2. The van der Waals surface area contributed by atoms with Gasteiger partial charge in [-0.25, -0.2) is 0 Å². The van der Waals surface area contributed by atoms with Crippen LogP contribution in [0.2, 0.25) is 0 Å². The molecule has 1 heterocycles. The predicted octanol–water partition coefficient (Wildman–Crippen LogP) is 14.0. The smallest absolute Gasteiger partial charge is 0.0582 e. The molecular formula is C54H35N. The third kappa shape index (κ3) is 4.54. The molecule has 256 valence electrons. The van der Waals surface area contributed by atoms with E-state index in [1.54, 1.807) is 0 Å². The topological polar surface area (TPSA) is 4.93 Å². The van der Waals surface area contributed by atoms with E-state index in [-0.39, 0.29) is 5.92 Å². The number of nitrogens with zero attached hydrogens (tertiary/aromatic N) is 1. The van der Waals surface area contributed by atoms with E-state index in [1.807, 2.05) is 0 Å². The van der Waals surface area contributed by atoms with Crippen molar-refractivity contribution in [2.75, 3.05) is 0 Å². The molecule has 0 amide bonds. The van der Waals surface area contributed by atoms with Crippen LogP contribution < -0.4 is 0 Å². The van der Waals surface area contributed by atoms with Crippen molar-refractivity contribution in [3.05, 3.63) is 222 Å². The summed E-state index contributed by atoms with van der Waals surface area (Å²) in [6.07, 6.45) is 0.941. The molecule has 0 saturated heterocycles. The van der Waals surface area contributed by atoms with Crippen LogP contribution in [0.15, 0.2) is 194 Å². The SMILES string of the molecule is c1ccc(-c2ccc(-n3c4ccc(-c5ccc6c(c5)-c5ccccc5C6c5cccc6ccccc56)cc4c4ccc5c(c43)Cc3ccccc3-5)cc2)cc1. The first-order valence-corrected chi connectivity index (χ1v) is 19.3. The number of aromatic nitrogens is 1. The van der Waals surface area contributed by atoms with Gasteiger partial charge in [-0.05, 0) is 113 Å². The zero-order valence-electron chi connectivity index (χ0n) is 30.2. The Morgan fingerprint density at radius 1 is 0.382 bits per heavy atom. The maximum atomic E-state index is 2.52. The summed E-state index contributed by atoms with van der Waals surface area (Å²) in [5, 5.41) is 5.20. The molecule has 1 aromatic heterocycles. The average molecular weight is 698 g/mol. The molecule has 2 aliphatic rings. The summed E-state index contributed by atoms with van der Waals surface area (Å²) in [5.74, 6) is 0.200. The summed E-state index contributed by atoms with van der Waals surface area (Å²) in [5.41, 5.74) is 21.0. The molecule has 0 radical (unpaired) electrons. The van der Waals surface area contributed by atoms with E-state index < -0.39 is 0 Å². The molecule has 55 heavy (non-hydrogen) atoms. The number of fused-ring (bicyclic) bond motifs is 11. The van der Waals surface area contributed by atoms with Gasteiger partial charge < -0.3 is 4.57 Å². The zero-order valence-corrected chi connectivity index (χ0v) is 30.2. The fourth-order valence-electron chi connectivity index (χ4n) is 9.84. The van der Waals surface area contributed by atoms with E-state index in [4.69, 9.17) is 0 Å². The van der Waals surface area contributed by atoms with Crippen LogP contribution in [0.5, 0.6) is 0 Å². The molecule has 1 unspecified atom stereocenters. The minimum Gasteiger partial charge on any atom is -0.309 e. The number of benzene rings is 9. The minimum absolute atomic E-state index is 0.200. The summed E-state index contributed by atoms with van der Waals surface area (Å²) in [7, 11) is 0. The third-order valence-corrected chi connectivity index (χ3v) is 12.3. The fourth-order valence-corrected chi connectivity index (χ4v) is 9.84. The molecule has 0 fully saturated rings. The van der Waals surface area contributed by atoms with Gasteiger partial charge in [0.2, 0.25) is 0 Å². The van der Waals surface area contributed by atoms with Crippen LogP contribution in [-0.4, -0.2) is 4.57 Å². The maximum Gasteiger partial charge on any atom is 0.0582 e. The van der Waals surface area contributed by atoms with Gasteiger partial charge in [-0.1, -0.05) is 164 Å². The lowest BCUT2D eigenvalue weighted by molar-refractivity contribution is 1.03. The van der Waals surface area contributed by atoms with Crippen molar-refractivity contribution in [1.82, 2.24) is 4.57 Å². The lowest BCUT2D eigenvalue weighted by Crippen LogP contribution is -2.00. The molecule has 0 spiro atoms. The minimum atomic E-state index is 0.200. The second-order valence-electron chi connectivity index (χ2n) is 15.2. The van der Waals surface area contributed by atoms with Crippen molar-refractivity contribution >= 4 is 32.6 Å². The molecule has 9 aromatic carbocycles. The van der Waals surface area contributed by atoms with Gasteiger partial charge in [-0.15, -0.1) is 0 Å². The molecule has 2 aliphatic carbocycles. The molecule has 0 aliphatic heterocycles. The molecule has 12 rings (SSSR count). The Morgan fingerprint density at radius 2 is 1.05 bits per heavy atom. The van der Waals surface area contributed by atoms with Gasteiger partial charge in [0.15, 0.2) is 0 Å². The van der Waals surface area contributed by atoms with Crippen LogP contribution in [0.4, 0.5) is 0 Å². The lowest BCUT2D eigenvalue weighted by Gasteiger charge is -2.17. The van der Waals surface area contributed by atoms with Crippen molar-refractivity contribution < 1.29 is 0 Å². The highest BCUT2D eigenvalue weighted by Crippen LogP contribution is 2.51. The van der Waals surface area contributed by atoms with Gasteiger partial charge in [0.05, 0.1) is 11.0 Å². The van der Waals surface area contributed by atoms with Gasteiger partial charge in [-0.3, -0.25) is 0 Å². The molecule has 0 N–H and O–H groups in total. The normalized spacial score (nSPS) is 13.9. The van der Waals surface area contributed by atoms with Crippen LogP contribution in [0.25, 0.3) is 82.8 Å². The highest BCUT2D eigenvalue weighted by Gasteiger charge is 2.31. The number of hydrogen-bond acceptors (Lipinski definition) is 0. The Morgan fingerprint density at radius 3 is 1.96 bits per heavy atom. The van der Waals surface area contributed by atoms with Crippen LogP contribution >= 0.6 is 0 Å². The van der Waals surface area contributed by atoms with Crippen molar-refractivity contribution in [3.8, 4) is 50.2 Å².